The zero-order valence-corrected chi connectivity index (χ0v) is 14.1. The lowest BCUT2D eigenvalue weighted by atomic mass is 9.88. The summed E-state index contributed by atoms with van der Waals surface area (Å²) in [5, 5.41) is 3.11. The van der Waals surface area contributed by atoms with Crippen LogP contribution in [0.1, 0.15) is 32.8 Å². The molecular weight excluding hydrogens is 306 g/mol. The van der Waals surface area contributed by atoms with Crippen LogP contribution in [0.4, 0.5) is 4.79 Å². The molecule has 0 aliphatic carbocycles. The summed E-state index contributed by atoms with van der Waals surface area (Å²) in [5.41, 5.74) is 0.632. The number of ether oxygens (including phenoxy) is 2. The van der Waals surface area contributed by atoms with Gasteiger partial charge in [0, 0.05) is 5.02 Å². The number of esters is 1. The molecule has 1 N–H and O–H groups in total. The van der Waals surface area contributed by atoms with Gasteiger partial charge in [-0.3, -0.25) is 0 Å². The molecule has 0 spiro atoms. The van der Waals surface area contributed by atoms with Crippen LogP contribution in [0.5, 0.6) is 0 Å². The van der Waals surface area contributed by atoms with Crippen LogP contribution in [0.2, 0.25) is 5.02 Å². The van der Waals surface area contributed by atoms with E-state index in [-0.39, 0.29) is 12.0 Å². The first-order valence-electron chi connectivity index (χ1n) is 6.97. The molecule has 0 aliphatic heterocycles. The van der Waals surface area contributed by atoms with Gasteiger partial charge in [-0.05, 0) is 29.5 Å². The van der Waals surface area contributed by atoms with Crippen LogP contribution in [0, 0.1) is 5.41 Å². The molecule has 5 nitrogen and oxygen atoms in total. The zero-order chi connectivity index (χ0) is 16.8. The molecule has 0 saturated heterocycles. The average molecular weight is 328 g/mol. The van der Waals surface area contributed by atoms with Crippen molar-refractivity contribution in [3.8, 4) is 0 Å². The first kappa shape index (κ1) is 18.3. The number of benzene rings is 1. The summed E-state index contributed by atoms with van der Waals surface area (Å²) < 4.78 is 9.82. The van der Waals surface area contributed by atoms with E-state index < -0.39 is 18.1 Å². The molecule has 1 aromatic carbocycles. The second-order valence-corrected chi connectivity index (χ2v) is 6.63. The summed E-state index contributed by atoms with van der Waals surface area (Å²) in [6.07, 6.45) is -0.217. The standard InChI is InChI=1S/C16H22ClNO4/c1-16(2,3)9-13(14(19)21-4)18-15(20)22-10-11-6-5-7-12(17)8-11/h5-8,13H,9-10H2,1-4H3,(H,18,20). The molecule has 0 heterocycles. The first-order chi connectivity index (χ1) is 10.2. The van der Waals surface area contributed by atoms with Gasteiger partial charge < -0.3 is 14.8 Å². The summed E-state index contributed by atoms with van der Waals surface area (Å²) in [4.78, 5) is 23.6. The Morgan fingerprint density at radius 3 is 2.55 bits per heavy atom. The van der Waals surface area contributed by atoms with Gasteiger partial charge in [0.25, 0.3) is 0 Å². The van der Waals surface area contributed by atoms with Crippen molar-refractivity contribution in [2.75, 3.05) is 7.11 Å². The largest absolute Gasteiger partial charge is 0.467 e. The van der Waals surface area contributed by atoms with Gasteiger partial charge in [-0.25, -0.2) is 9.59 Å². The number of amides is 1. The maximum atomic E-state index is 11.8. The Balaban J connectivity index is 2.57. The Morgan fingerprint density at radius 1 is 1.32 bits per heavy atom. The number of carbonyl (C=O) groups is 2. The number of alkyl carbamates (subject to hydrolysis) is 1. The number of halogens is 1. The van der Waals surface area contributed by atoms with E-state index in [2.05, 4.69) is 5.32 Å². The van der Waals surface area contributed by atoms with E-state index >= 15 is 0 Å². The zero-order valence-electron chi connectivity index (χ0n) is 13.3. The average Bonchev–Trinajstić information content (AvgIpc) is 2.42. The summed E-state index contributed by atoms with van der Waals surface area (Å²) >= 11 is 5.86. The second kappa shape index (κ2) is 8.03. The van der Waals surface area contributed by atoms with Crippen LogP contribution < -0.4 is 5.32 Å². The highest BCUT2D eigenvalue weighted by molar-refractivity contribution is 6.30. The minimum atomic E-state index is -0.739. The van der Waals surface area contributed by atoms with Crippen molar-refractivity contribution in [3.63, 3.8) is 0 Å². The van der Waals surface area contributed by atoms with E-state index in [4.69, 9.17) is 21.1 Å². The van der Waals surface area contributed by atoms with Gasteiger partial charge in [0.15, 0.2) is 0 Å². The van der Waals surface area contributed by atoms with Crippen LogP contribution in [0.25, 0.3) is 0 Å². The van der Waals surface area contributed by atoms with Gasteiger partial charge in [0.05, 0.1) is 7.11 Å². The van der Waals surface area contributed by atoms with Crippen molar-refractivity contribution in [1.29, 1.82) is 0 Å². The Hall–Kier alpha value is -1.75. The maximum Gasteiger partial charge on any atom is 0.408 e. The van der Waals surface area contributed by atoms with Gasteiger partial charge in [-0.15, -0.1) is 0 Å². The lowest BCUT2D eigenvalue weighted by Gasteiger charge is -2.24. The van der Waals surface area contributed by atoms with E-state index in [0.29, 0.717) is 11.4 Å². The van der Waals surface area contributed by atoms with Gasteiger partial charge in [0.2, 0.25) is 0 Å². The van der Waals surface area contributed by atoms with E-state index in [0.717, 1.165) is 5.56 Å². The molecule has 122 valence electrons. The molecule has 0 aromatic heterocycles. The van der Waals surface area contributed by atoms with Crippen molar-refractivity contribution >= 4 is 23.7 Å². The number of nitrogens with one attached hydrogen (secondary N) is 1. The smallest absolute Gasteiger partial charge is 0.408 e. The van der Waals surface area contributed by atoms with Crippen LogP contribution >= 0.6 is 11.6 Å². The van der Waals surface area contributed by atoms with E-state index in [1.165, 1.54) is 7.11 Å². The highest BCUT2D eigenvalue weighted by Gasteiger charge is 2.27. The van der Waals surface area contributed by atoms with Crippen LogP contribution in [-0.4, -0.2) is 25.2 Å². The molecule has 6 heteroatoms. The highest BCUT2D eigenvalue weighted by Crippen LogP contribution is 2.21. The number of hydrogen-bond acceptors (Lipinski definition) is 4. The van der Waals surface area contributed by atoms with Crippen LogP contribution in [0.15, 0.2) is 24.3 Å². The third-order valence-electron chi connectivity index (χ3n) is 2.85. The summed E-state index contributed by atoms with van der Waals surface area (Å²) in [6, 6.07) is 6.28. The minimum Gasteiger partial charge on any atom is -0.467 e. The first-order valence-corrected chi connectivity index (χ1v) is 7.34. The lowest BCUT2D eigenvalue weighted by Crippen LogP contribution is -2.43. The normalized spacial score (nSPS) is 12.4. The fourth-order valence-electron chi connectivity index (χ4n) is 1.91. The fourth-order valence-corrected chi connectivity index (χ4v) is 2.12. The predicted octanol–water partition coefficient (Wildman–Crippen LogP) is 3.54. The summed E-state index contributed by atoms with van der Waals surface area (Å²) in [5.74, 6) is -0.491. The number of hydrogen-bond donors (Lipinski definition) is 1. The molecule has 1 rings (SSSR count). The summed E-state index contributed by atoms with van der Waals surface area (Å²) in [6.45, 7) is 6.00. The van der Waals surface area contributed by atoms with Crippen molar-refractivity contribution < 1.29 is 19.1 Å². The van der Waals surface area contributed by atoms with Crippen molar-refractivity contribution in [2.45, 2.75) is 39.8 Å². The molecule has 1 aromatic rings. The van der Waals surface area contributed by atoms with E-state index in [1.54, 1.807) is 24.3 Å². The third-order valence-corrected chi connectivity index (χ3v) is 3.09. The maximum absolute atomic E-state index is 11.8. The number of rotatable bonds is 5. The van der Waals surface area contributed by atoms with E-state index in [1.807, 2.05) is 20.8 Å². The minimum absolute atomic E-state index is 0.0792. The monoisotopic (exact) mass is 327 g/mol. The third kappa shape index (κ3) is 6.80. The van der Waals surface area contributed by atoms with Crippen molar-refractivity contribution in [3.05, 3.63) is 34.9 Å². The molecule has 22 heavy (non-hydrogen) atoms. The Labute approximate surface area is 135 Å². The Morgan fingerprint density at radius 2 is 2.00 bits per heavy atom. The Kier molecular flexibility index (Phi) is 6.68. The van der Waals surface area contributed by atoms with Crippen molar-refractivity contribution in [2.24, 2.45) is 5.41 Å². The molecule has 1 amide bonds. The van der Waals surface area contributed by atoms with Gasteiger partial charge >= 0.3 is 12.1 Å². The quantitative estimate of drug-likeness (QED) is 0.840. The van der Waals surface area contributed by atoms with Gasteiger partial charge in [-0.2, -0.15) is 0 Å². The molecule has 0 aliphatic rings. The lowest BCUT2D eigenvalue weighted by molar-refractivity contribution is -0.143. The van der Waals surface area contributed by atoms with Crippen LogP contribution in [0.3, 0.4) is 0 Å². The fraction of sp³-hybridized carbons (Fsp3) is 0.500. The van der Waals surface area contributed by atoms with Crippen molar-refractivity contribution in [1.82, 2.24) is 5.32 Å². The molecule has 0 radical (unpaired) electrons. The molecule has 1 unspecified atom stereocenters. The molecule has 0 fully saturated rings. The molecule has 1 atom stereocenters. The molecule has 0 saturated carbocycles. The van der Waals surface area contributed by atoms with Gasteiger partial charge in [-0.1, -0.05) is 44.5 Å². The molecular formula is C16H22ClNO4. The van der Waals surface area contributed by atoms with Crippen LogP contribution in [-0.2, 0) is 20.9 Å². The predicted molar refractivity (Wildman–Crippen MR) is 84.6 cm³/mol. The van der Waals surface area contributed by atoms with E-state index in [9.17, 15) is 9.59 Å². The van der Waals surface area contributed by atoms with Gasteiger partial charge in [0.1, 0.15) is 12.6 Å². The molecule has 0 bridgehead atoms. The second-order valence-electron chi connectivity index (χ2n) is 6.19. The SMILES string of the molecule is COC(=O)C(CC(C)(C)C)NC(=O)OCc1cccc(Cl)c1. The topological polar surface area (TPSA) is 64.6 Å². The summed E-state index contributed by atoms with van der Waals surface area (Å²) in [7, 11) is 1.29. The number of carbonyl (C=O) groups excluding carboxylic acids is 2. The number of methoxy groups -OCH3 is 1. The highest BCUT2D eigenvalue weighted by atomic mass is 35.5. The Bertz CT molecular complexity index is 525.